The van der Waals surface area contributed by atoms with E-state index in [1.165, 1.54) is 11.3 Å². The quantitative estimate of drug-likeness (QED) is 0.567. The smallest absolute Gasteiger partial charge is 0.350 e. The molecule has 14 heavy (non-hydrogen) atoms. The number of esters is 1. The van der Waals surface area contributed by atoms with Crippen molar-refractivity contribution in [3.05, 3.63) is 28.7 Å². The number of carbonyl (C=O) groups is 1. The van der Waals surface area contributed by atoms with Crippen molar-refractivity contribution in [2.45, 2.75) is 26.4 Å². The number of hydrogen-bond donors (Lipinski definition) is 0. The maximum Gasteiger partial charge on any atom is 0.350 e. The van der Waals surface area contributed by atoms with Crippen LogP contribution in [0.1, 0.15) is 29.2 Å². The van der Waals surface area contributed by atoms with Gasteiger partial charge in [-0.1, -0.05) is 19.6 Å². The molecule has 1 heterocycles. The van der Waals surface area contributed by atoms with E-state index in [0.29, 0.717) is 4.88 Å². The molecule has 0 unspecified atom stereocenters. The van der Waals surface area contributed by atoms with Crippen LogP contribution in [0.2, 0.25) is 0 Å². The van der Waals surface area contributed by atoms with E-state index in [2.05, 4.69) is 11.6 Å². The Morgan fingerprint density at radius 1 is 1.86 bits per heavy atom. The normalized spacial score (nSPS) is 12.1. The maximum atomic E-state index is 11.6. The molecule has 0 radical (unpaired) electrons. The molecule has 0 N–H and O–H groups in total. The molecule has 0 saturated heterocycles. The molecule has 1 aromatic heterocycles. The van der Waals surface area contributed by atoms with E-state index in [0.717, 1.165) is 12.1 Å². The summed E-state index contributed by atoms with van der Waals surface area (Å²) in [4.78, 5) is 16.2. The number of rotatable bonds is 4. The number of carbonyl (C=O) groups excluding carboxylic acids is 1. The number of nitrogens with zero attached hydrogens (tertiary/aromatic N) is 1. The molecule has 0 fully saturated rings. The predicted octanol–water partition coefficient (Wildman–Crippen LogP) is 2.44. The van der Waals surface area contributed by atoms with Crippen molar-refractivity contribution < 1.29 is 9.53 Å². The lowest BCUT2D eigenvalue weighted by Gasteiger charge is -2.07. The molecule has 0 aromatic carbocycles. The second kappa shape index (κ2) is 4.91. The highest BCUT2D eigenvalue weighted by Crippen LogP contribution is 2.16. The van der Waals surface area contributed by atoms with Crippen molar-refractivity contribution in [1.82, 2.24) is 4.98 Å². The van der Waals surface area contributed by atoms with Gasteiger partial charge in [-0.25, -0.2) is 9.78 Å². The van der Waals surface area contributed by atoms with Crippen LogP contribution in [0.15, 0.2) is 18.2 Å². The zero-order valence-electron chi connectivity index (χ0n) is 8.32. The van der Waals surface area contributed by atoms with E-state index in [4.69, 9.17) is 4.74 Å². The van der Waals surface area contributed by atoms with Gasteiger partial charge in [0.05, 0.1) is 11.2 Å². The van der Waals surface area contributed by atoms with Crippen LogP contribution >= 0.6 is 11.3 Å². The van der Waals surface area contributed by atoms with Crippen LogP contribution in [-0.4, -0.2) is 17.1 Å². The molecule has 0 spiro atoms. The molecule has 0 aliphatic rings. The van der Waals surface area contributed by atoms with Gasteiger partial charge >= 0.3 is 5.97 Å². The predicted molar refractivity (Wildman–Crippen MR) is 56.6 cm³/mol. The molecular weight excluding hydrogens is 198 g/mol. The highest BCUT2D eigenvalue weighted by Gasteiger charge is 2.16. The van der Waals surface area contributed by atoms with Gasteiger partial charge < -0.3 is 4.74 Å². The van der Waals surface area contributed by atoms with E-state index >= 15 is 0 Å². The third-order valence-electron chi connectivity index (χ3n) is 1.79. The van der Waals surface area contributed by atoms with Gasteiger partial charge in [-0.3, -0.25) is 0 Å². The minimum atomic E-state index is -0.309. The third-order valence-corrected chi connectivity index (χ3v) is 2.64. The average Bonchev–Trinajstić information content (AvgIpc) is 2.65. The van der Waals surface area contributed by atoms with Crippen molar-refractivity contribution >= 4 is 17.3 Å². The Labute approximate surface area is 87.4 Å². The summed E-state index contributed by atoms with van der Waals surface area (Å²) in [6.07, 6.45) is 2.08. The lowest BCUT2D eigenvalue weighted by atomic mass is 10.3. The third kappa shape index (κ3) is 2.42. The summed E-state index contributed by atoms with van der Waals surface area (Å²) >= 11 is 1.31. The van der Waals surface area contributed by atoms with E-state index in [9.17, 15) is 4.79 Å². The number of aryl methyl sites for hydroxylation is 1. The molecule has 76 valence electrons. The molecule has 1 aromatic rings. The Morgan fingerprint density at radius 3 is 3.14 bits per heavy atom. The first kappa shape index (κ1) is 10.9. The van der Waals surface area contributed by atoms with Crippen LogP contribution < -0.4 is 0 Å². The van der Waals surface area contributed by atoms with E-state index < -0.39 is 0 Å². The zero-order chi connectivity index (χ0) is 10.6. The lowest BCUT2D eigenvalue weighted by molar-refractivity contribution is 0.0429. The van der Waals surface area contributed by atoms with Crippen LogP contribution in [0.5, 0.6) is 0 Å². The number of ether oxygens (including phenoxy) is 1. The minimum Gasteiger partial charge on any atom is -0.454 e. The fraction of sp³-hybridized carbons (Fsp3) is 0.400. The van der Waals surface area contributed by atoms with Crippen LogP contribution in [0.4, 0.5) is 0 Å². The van der Waals surface area contributed by atoms with Crippen LogP contribution in [0.3, 0.4) is 0 Å². The van der Waals surface area contributed by atoms with Crippen molar-refractivity contribution in [2.75, 3.05) is 0 Å². The average molecular weight is 211 g/mol. The van der Waals surface area contributed by atoms with E-state index in [-0.39, 0.29) is 12.1 Å². The summed E-state index contributed by atoms with van der Waals surface area (Å²) in [6.45, 7) is 7.28. The largest absolute Gasteiger partial charge is 0.454 e. The number of hydrogen-bond acceptors (Lipinski definition) is 4. The van der Waals surface area contributed by atoms with Gasteiger partial charge in [0.2, 0.25) is 0 Å². The van der Waals surface area contributed by atoms with Crippen molar-refractivity contribution in [3.8, 4) is 0 Å². The highest BCUT2D eigenvalue weighted by molar-refractivity contribution is 7.11. The topological polar surface area (TPSA) is 39.2 Å². The fourth-order valence-electron chi connectivity index (χ4n) is 0.958. The summed E-state index contributed by atoms with van der Waals surface area (Å²) in [7, 11) is 0. The highest BCUT2D eigenvalue weighted by atomic mass is 32.1. The molecular formula is C10H13NO2S. The molecule has 0 aliphatic carbocycles. The first-order valence-corrected chi connectivity index (χ1v) is 5.32. The van der Waals surface area contributed by atoms with Gasteiger partial charge in [0, 0.05) is 0 Å². The Morgan fingerprint density at radius 2 is 2.57 bits per heavy atom. The summed E-state index contributed by atoms with van der Waals surface area (Å²) in [5, 5.41) is 0. The van der Waals surface area contributed by atoms with Gasteiger partial charge in [0.1, 0.15) is 11.0 Å². The van der Waals surface area contributed by atoms with E-state index in [1.54, 1.807) is 18.5 Å². The second-order valence-corrected chi connectivity index (χ2v) is 3.68. The van der Waals surface area contributed by atoms with Gasteiger partial charge in [0.25, 0.3) is 0 Å². The standard InChI is InChI=1S/C10H13NO2S/c1-4-7(3)13-10(12)9-8(5-2)11-6-14-9/h4,6-7H,1,5H2,2-3H3/t7-/m1/s1. The summed E-state index contributed by atoms with van der Waals surface area (Å²) in [5.41, 5.74) is 2.46. The molecule has 1 rings (SSSR count). The number of aromatic nitrogens is 1. The monoisotopic (exact) mass is 211 g/mol. The summed E-state index contributed by atoms with van der Waals surface area (Å²) in [5.74, 6) is -0.309. The molecule has 0 saturated carbocycles. The summed E-state index contributed by atoms with van der Waals surface area (Å²) in [6, 6.07) is 0. The fourth-order valence-corrected chi connectivity index (χ4v) is 1.72. The summed E-state index contributed by atoms with van der Waals surface area (Å²) < 4.78 is 5.10. The van der Waals surface area contributed by atoms with Gasteiger partial charge in [-0.05, 0) is 13.3 Å². The Kier molecular flexibility index (Phi) is 3.83. The molecule has 1 atom stereocenters. The first-order chi connectivity index (χ1) is 6.69. The second-order valence-electron chi connectivity index (χ2n) is 2.83. The number of thiazole rings is 1. The Hall–Kier alpha value is -1.16. The zero-order valence-corrected chi connectivity index (χ0v) is 9.13. The van der Waals surface area contributed by atoms with Crippen LogP contribution in [-0.2, 0) is 11.2 Å². The van der Waals surface area contributed by atoms with Crippen molar-refractivity contribution in [3.63, 3.8) is 0 Å². The minimum absolute atomic E-state index is 0.255. The van der Waals surface area contributed by atoms with Gasteiger partial charge in [-0.15, -0.1) is 11.3 Å². The van der Waals surface area contributed by atoms with Crippen LogP contribution in [0.25, 0.3) is 0 Å². The van der Waals surface area contributed by atoms with Gasteiger partial charge in [0.15, 0.2) is 0 Å². The van der Waals surface area contributed by atoms with Crippen LogP contribution in [0, 0.1) is 0 Å². The molecule has 3 nitrogen and oxygen atoms in total. The molecule has 0 amide bonds. The van der Waals surface area contributed by atoms with E-state index in [1.807, 2.05) is 6.92 Å². The molecule has 0 aliphatic heterocycles. The maximum absolute atomic E-state index is 11.6. The Balaban J connectivity index is 2.74. The first-order valence-electron chi connectivity index (χ1n) is 4.45. The Bertz CT molecular complexity index is 333. The lowest BCUT2D eigenvalue weighted by Crippen LogP contribution is -2.12. The molecule has 0 bridgehead atoms. The van der Waals surface area contributed by atoms with Gasteiger partial charge in [-0.2, -0.15) is 0 Å². The van der Waals surface area contributed by atoms with Crippen molar-refractivity contribution in [1.29, 1.82) is 0 Å². The SMILES string of the molecule is C=C[C@@H](C)OC(=O)c1scnc1CC. The molecule has 4 heteroatoms. The van der Waals surface area contributed by atoms with Crippen molar-refractivity contribution in [2.24, 2.45) is 0 Å².